The predicted molar refractivity (Wildman–Crippen MR) is 97.8 cm³/mol. The van der Waals surface area contributed by atoms with E-state index in [1.165, 1.54) is 16.4 Å². The van der Waals surface area contributed by atoms with Gasteiger partial charge in [-0.3, -0.25) is 9.48 Å². The van der Waals surface area contributed by atoms with Crippen molar-refractivity contribution in [3.63, 3.8) is 0 Å². The summed E-state index contributed by atoms with van der Waals surface area (Å²) in [5.41, 5.74) is 2.20. The fourth-order valence-electron chi connectivity index (χ4n) is 2.21. The molecule has 124 valence electrons. The summed E-state index contributed by atoms with van der Waals surface area (Å²) in [6.07, 6.45) is 6.13. The van der Waals surface area contributed by atoms with Crippen LogP contribution in [0, 0.1) is 0 Å². The van der Waals surface area contributed by atoms with Gasteiger partial charge in [0.05, 0.1) is 22.6 Å². The third-order valence-electron chi connectivity index (χ3n) is 3.54. The molecule has 2 aromatic heterocycles. The number of nitrogens with zero attached hydrogens (tertiary/aromatic N) is 4. The second kappa shape index (κ2) is 7.19. The quantitative estimate of drug-likeness (QED) is 0.703. The predicted octanol–water partition coefficient (Wildman–Crippen LogP) is 3.38. The molecule has 0 fully saturated rings. The van der Waals surface area contributed by atoms with Crippen LogP contribution in [0.15, 0.2) is 52.1 Å². The zero-order chi connectivity index (χ0) is 17.1. The molecule has 0 atom stereocenters. The van der Waals surface area contributed by atoms with Crippen molar-refractivity contribution in [2.24, 2.45) is 7.05 Å². The van der Waals surface area contributed by atoms with Crippen LogP contribution < -0.4 is 10.9 Å². The van der Waals surface area contributed by atoms with Crippen molar-refractivity contribution >= 4 is 38.9 Å². The van der Waals surface area contributed by atoms with Crippen LogP contribution in [-0.2, 0) is 20.0 Å². The third kappa shape index (κ3) is 3.85. The number of nitrogens with one attached hydrogen (secondary N) is 1. The number of anilines is 2. The smallest absolute Gasteiger partial charge is 0.287 e. The number of hydrogen-bond donors (Lipinski definition) is 1. The van der Waals surface area contributed by atoms with Gasteiger partial charge in [-0.1, -0.05) is 23.7 Å². The van der Waals surface area contributed by atoms with E-state index >= 15 is 0 Å². The molecule has 0 aliphatic carbocycles. The van der Waals surface area contributed by atoms with Crippen molar-refractivity contribution in [3.05, 3.63) is 68.3 Å². The van der Waals surface area contributed by atoms with Gasteiger partial charge in [-0.2, -0.15) is 10.2 Å². The molecule has 0 aliphatic heterocycles. The molecule has 1 N–H and O–H groups in total. The van der Waals surface area contributed by atoms with Gasteiger partial charge in [-0.15, -0.1) is 0 Å². The molecule has 0 spiro atoms. The van der Waals surface area contributed by atoms with Gasteiger partial charge in [0.25, 0.3) is 5.56 Å². The van der Waals surface area contributed by atoms with Crippen molar-refractivity contribution in [3.8, 4) is 0 Å². The molecule has 2 heterocycles. The maximum absolute atomic E-state index is 11.8. The lowest BCUT2D eigenvalue weighted by Crippen LogP contribution is -2.20. The number of aryl methyl sites for hydroxylation is 3. The second-order valence-corrected chi connectivity index (χ2v) is 6.59. The van der Waals surface area contributed by atoms with Gasteiger partial charge in [0, 0.05) is 25.5 Å². The fourth-order valence-corrected chi connectivity index (χ4v) is 2.76. The molecule has 3 rings (SSSR count). The van der Waals surface area contributed by atoms with Crippen LogP contribution in [0.1, 0.15) is 5.56 Å². The first-order chi connectivity index (χ1) is 11.5. The van der Waals surface area contributed by atoms with Gasteiger partial charge < -0.3 is 5.32 Å². The summed E-state index contributed by atoms with van der Waals surface area (Å²) >= 11 is 9.43. The van der Waals surface area contributed by atoms with E-state index in [0.29, 0.717) is 5.69 Å². The third-order valence-corrected chi connectivity index (χ3v) is 4.32. The van der Waals surface area contributed by atoms with E-state index in [4.69, 9.17) is 11.6 Å². The Morgan fingerprint density at radius 1 is 1.21 bits per heavy atom. The van der Waals surface area contributed by atoms with E-state index in [1.54, 1.807) is 13.2 Å². The van der Waals surface area contributed by atoms with Crippen molar-refractivity contribution in [2.45, 2.75) is 13.0 Å². The Bertz CT molecular complexity index is 904. The second-order valence-electron chi connectivity index (χ2n) is 5.29. The van der Waals surface area contributed by atoms with Crippen LogP contribution in [0.4, 0.5) is 11.4 Å². The van der Waals surface area contributed by atoms with Gasteiger partial charge in [-0.25, -0.2) is 4.68 Å². The van der Waals surface area contributed by atoms with Crippen LogP contribution in [0.5, 0.6) is 0 Å². The highest BCUT2D eigenvalue weighted by Crippen LogP contribution is 2.21. The molecule has 0 radical (unpaired) electrons. The summed E-state index contributed by atoms with van der Waals surface area (Å²) in [6.45, 7) is 0.808. The molecular formula is C16H15BrClN5O. The van der Waals surface area contributed by atoms with Crippen LogP contribution in [0.2, 0.25) is 5.02 Å². The number of rotatable bonds is 5. The van der Waals surface area contributed by atoms with E-state index in [2.05, 4.69) is 31.4 Å². The molecule has 0 saturated heterocycles. The standard InChI is InChI=1S/C16H15BrClN5O/c1-22-16(24)15(18)14(9-19-22)21-13-4-2-11(3-5-13)6-7-23-10-12(17)8-20-23/h2-5,8-10,21H,6-7H2,1H3. The molecule has 24 heavy (non-hydrogen) atoms. The summed E-state index contributed by atoms with van der Waals surface area (Å²) in [5, 5.41) is 11.4. The molecule has 0 unspecified atom stereocenters. The molecule has 8 heteroatoms. The summed E-state index contributed by atoms with van der Waals surface area (Å²) in [4.78, 5) is 11.8. The van der Waals surface area contributed by atoms with E-state index in [9.17, 15) is 4.79 Å². The van der Waals surface area contributed by atoms with Crippen molar-refractivity contribution in [1.29, 1.82) is 0 Å². The average Bonchev–Trinajstić information content (AvgIpc) is 3.00. The molecule has 3 aromatic rings. The highest BCUT2D eigenvalue weighted by atomic mass is 79.9. The summed E-state index contributed by atoms with van der Waals surface area (Å²) in [7, 11) is 1.56. The fraction of sp³-hybridized carbons (Fsp3) is 0.188. The van der Waals surface area contributed by atoms with Crippen molar-refractivity contribution < 1.29 is 0 Å². The first-order valence-electron chi connectivity index (χ1n) is 7.28. The molecule has 1 aromatic carbocycles. The molecule has 6 nitrogen and oxygen atoms in total. The lowest BCUT2D eigenvalue weighted by Gasteiger charge is -2.09. The maximum atomic E-state index is 11.8. The minimum atomic E-state index is -0.330. The van der Waals surface area contributed by atoms with Gasteiger partial charge in [0.1, 0.15) is 5.02 Å². The number of aromatic nitrogens is 4. The Balaban J connectivity index is 1.66. The summed E-state index contributed by atoms with van der Waals surface area (Å²) < 4.78 is 4.06. The van der Waals surface area contributed by atoms with E-state index in [1.807, 2.05) is 35.1 Å². The molecule has 0 saturated carbocycles. The highest BCUT2D eigenvalue weighted by molar-refractivity contribution is 9.10. The van der Waals surface area contributed by atoms with Crippen LogP contribution in [0.25, 0.3) is 0 Å². The van der Waals surface area contributed by atoms with Gasteiger partial charge in [-0.05, 0) is 40.0 Å². The van der Waals surface area contributed by atoms with Crippen LogP contribution >= 0.6 is 27.5 Å². The minimum Gasteiger partial charge on any atom is -0.353 e. The number of hydrogen-bond acceptors (Lipinski definition) is 4. The number of halogens is 2. The summed E-state index contributed by atoms with van der Waals surface area (Å²) in [5.74, 6) is 0. The zero-order valence-electron chi connectivity index (χ0n) is 12.9. The Morgan fingerprint density at radius 3 is 2.62 bits per heavy atom. The first-order valence-corrected chi connectivity index (χ1v) is 8.46. The van der Waals surface area contributed by atoms with Crippen molar-refractivity contribution in [1.82, 2.24) is 19.6 Å². The van der Waals surface area contributed by atoms with Gasteiger partial charge >= 0.3 is 0 Å². The van der Waals surface area contributed by atoms with Crippen molar-refractivity contribution in [2.75, 3.05) is 5.32 Å². The lowest BCUT2D eigenvalue weighted by atomic mass is 10.1. The Labute approximate surface area is 152 Å². The Hall–Kier alpha value is -2.12. The highest BCUT2D eigenvalue weighted by Gasteiger charge is 2.07. The number of benzene rings is 1. The Morgan fingerprint density at radius 2 is 1.96 bits per heavy atom. The zero-order valence-corrected chi connectivity index (χ0v) is 15.3. The monoisotopic (exact) mass is 407 g/mol. The molecule has 0 amide bonds. The molecular weight excluding hydrogens is 394 g/mol. The van der Waals surface area contributed by atoms with E-state index in [-0.39, 0.29) is 10.6 Å². The lowest BCUT2D eigenvalue weighted by molar-refractivity contribution is 0.614. The van der Waals surface area contributed by atoms with Crippen LogP contribution in [0.3, 0.4) is 0 Å². The Kier molecular flexibility index (Phi) is 5.01. The first kappa shape index (κ1) is 16.7. The van der Waals surface area contributed by atoms with Gasteiger partial charge in [0.15, 0.2) is 0 Å². The topological polar surface area (TPSA) is 64.7 Å². The molecule has 0 aliphatic rings. The summed E-state index contributed by atoms with van der Waals surface area (Å²) in [6, 6.07) is 7.96. The average molecular weight is 409 g/mol. The largest absolute Gasteiger partial charge is 0.353 e. The van der Waals surface area contributed by atoms with Crippen LogP contribution in [-0.4, -0.2) is 19.6 Å². The minimum absolute atomic E-state index is 0.126. The van der Waals surface area contributed by atoms with E-state index < -0.39 is 0 Å². The van der Waals surface area contributed by atoms with Gasteiger partial charge in [0.2, 0.25) is 0 Å². The van der Waals surface area contributed by atoms with E-state index in [0.717, 1.165) is 23.1 Å². The SMILES string of the molecule is Cn1ncc(Nc2ccc(CCn3cc(Br)cn3)cc2)c(Cl)c1=O. The normalized spacial score (nSPS) is 10.8. The maximum Gasteiger partial charge on any atom is 0.287 e. The molecule has 0 bridgehead atoms.